The summed E-state index contributed by atoms with van der Waals surface area (Å²) >= 11 is 0. The van der Waals surface area contributed by atoms with Gasteiger partial charge in [0.05, 0.1) is 25.0 Å². The van der Waals surface area contributed by atoms with Crippen molar-refractivity contribution in [3.63, 3.8) is 0 Å². The molecule has 0 atom stereocenters. The first-order valence-electron chi connectivity index (χ1n) is 12.3. The monoisotopic (exact) mass is 487 g/mol. The molecule has 0 saturated heterocycles. The summed E-state index contributed by atoms with van der Waals surface area (Å²) in [7, 11) is 0. The Morgan fingerprint density at radius 2 is 1.67 bits per heavy atom. The van der Waals surface area contributed by atoms with Gasteiger partial charge < -0.3 is 18.6 Å². The van der Waals surface area contributed by atoms with Gasteiger partial charge in [0, 0.05) is 17.3 Å². The lowest BCUT2D eigenvalue weighted by molar-refractivity contribution is -0.156. The lowest BCUT2D eigenvalue weighted by Gasteiger charge is -2.19. The Hall–Kier alpha value is -3.64. The van der Waals surface area contributed by atoms with Crippen LogP contribution in [0.25, 0.3) is 33.6 Å². The summed E-state index contributed by atoms with van der Waals surface area (Å²) in [5, 5.41) is 0.828. The van der Waals surface area contributed by atoms with Crippen LogP contribution in [0.3, 0.4) is 0 Å². The molecular formula is C30H33NO5. The molecule has 0 aliphatic heterocycles. The second-order valence-electron chi connectivity index (χ2n) is 9.51. The van der Waals surface area contributed by atoms with Crippen molar-refractivity contribution in [1.29, 1.82) is 0 Å². The highest BCUT2D eigenvalue weighted by atomic mass is 16.6. The number of hydrogen-bond acceptors (Lipinski definition) is 6. The van der Waals surface area contributed by atoms with E-state index < -0.39 is 5.60 Å². The Labute approximate surface area is 212 Å². The van der Waals surface area contributed by atoms with Crippen LogP contribution in [0, 0.1) is 0 Å². The molecule has 6 nitrogen and oxygen atoms in total. The third-order valence-electron chi connectivity index (χ3n) is 5.60. The van der Waals surface area contributed by atoms with Crippen LogP contribution in [0.15, 0.2) is 71.3 Å². The van der Waals surface area contributed by atoms with Crippen LogP contribution in [0.4, 0.5) is 0 Å². The van der Waals surface area contributed by atoms with E-state index in [1.54, 1.807) is 6.20 Å². The van der Waals surface area contributed by atoms with Crippen molar-refractivity contribution in [3.8, 4) is 28.2 Å². The minimum absolute atomic E-state index is 0.205. The molecule has 2 heterocycles. The van der Waals surface area contributed by atoms with Gasteiger partial charge >= 0.3 is 5.97 Å². The van der Waals surface area contributed by atoms with Crippen molar-refractivity contribution >= 4 is 17.1 Å². The zero-order valence-corrected chi connectivity index (χ0v) is 21.4. The molecule has 2 aromatic heterocycles. The van der Waals surface area contributed by atoms with E-state index in [1.165, 1.54) is 5.56 Å². The number of aromatic nitrogens is 1. The van der Waals surface area contributed by atoms with Crippen LogP contribution < -0.4 is 4.74 Å². The number of carbonyl (C=O) groups excluding carboxylic acids is 1. The number of aryl methyl sites for hydroxylation is 1. The zero-order valence-electron chi connectivity index (χ0n) is 21.4. The number of fused-ring (bicyclic) bond motifs is 1. The molecular weight excluding hydrogens is 454 g/mol. The fraction of sp³-hybridized carbons (Fsp3) is 0.333. The number of esters is 1. The molecule has 0 spiro atoms. The highest BCUT2D eigenvalue weighted by Crippen LogP contribution is 2.43. The average Bonchev–Trinajstić information content (AvgIpc) is 3.26. The third-order valence-corrected chi connectivity index (χ3v) is 5.60. The van der Waals surface area contributed by atoms with Gasteiger partial charge in [-0.3, -0.25) is 4.79 Å². The van der Waals surface area contributed by atoms with E-state index in [0.717, 1.165) is 34.3 Å². The lowest BCUT2D eigenvalue weighted by Crippen LogP contribution is -2.24. The molecule has 0 saturated carbocycles. The van der Waals surface area contributed by atoms with Gasteiger partial charge in [-0.05, 0) is 44.4 Å². The number of furan rings is 1. The summed E-state index contributed by atoms with van der Waals surface area (Å²) in [6.07, 6.45) is 2.86. The van der Waals surface area contributed by atoms with Gasteiger partial charge in [0.15, 0.2) is 0 Å². The van der Waals surface area contributed by atoms with E-state index in [1.807, 2.05) is 57.2 Å². The first-order chi connectivity index (χ1) is 17.4. The molecule has 188 valence electrons. The summed E-state index contributed by atoms with van der Waals surface area (Å²) in [5.41, 5.74) is 4.26. The second kappa shape index (κ2) is 11.4. The van der Waals surface area contributed by atoms with Gasteiger partial charge in [0.1, 0.15) is 23.7 Å². The Balaban J connectivity index is 1.54. The van der Waals surface area contributed by atoms with E-state index in [4.69, 9.17) is 18.6 Å². The van der Waals surface area contributed by atoms with E-state index in [2.05, 4.69) is 36.2 Å². The predicted molar refractivity (Wildman–Crippen MR) is 141 cm³/mol. The van der Waals surface area contributed by atoms with Crippen molar-refractivity contribution in [1.82, 2.24) is 4.98 Å². The van der Waals surface area contributed by atoms with E-state index in [9.17, 15) is 4.79 Å². The fourth-order valence-electron chi connectivity index (χ4n) is 3.95. The molecule has 6 heteroatoms. The zero-order chi connectivity index (χ0) is 25.5. The van der Waals surface area contributed by atoms with Gasteiger partial charge in [-0.2, -0.15) is 0 Å². The summed E-state index contributed by atoms with van der Waals surface area (Å²) < 4.78 is 23.3. The minimum atomic E-state index is -0.495. The molecule has 0 unspecified atom stereocenters. The molecule has 0 fully saturated rings. The molecule has 0 amide bonds. The number of ether oxygens (including phenoxy) is 3. The maximum Gasteiger partial charge on any atom is 0.308 e. The van der Waals surface area contributed by atoms with Crippen LogP contribution >= 0.6 is 0 Å². The average molecular weight is 488 g/mol. The number of hydrogen-bond donors (Lipinski definition) is 0. The Morgan fingerprint density at radius 3 is 2.36 bits per heavy atom. The van der Waals surface area contributed by atoms with Gasteiger partial charge in [-0.1, -0.05) is 61.5 Å². The van der Waals surface area contributed by atoms with Crippen LogP contribution in [0.5, 0.6) is 5.75 Å². The van der Waals surface area contributed by atoms with E-state index >= 15 is 0 Å². The van der Waals surface area contributed by atoms with Crippen LogP contribution in [-0.2, 0) is 20.7 Å². The molecule has 2 aromatic carbocycles. The van der Waals surface area contributed by atoms with E-state index in [-0.39, 0.29) is 19.0 Å². The highest BCUT2D eigenvalue weighted by molar-refractivity contribution is 6.03. The first-order valence-corrected chi connectivity index (χ1v) is 12.3. The third kappa shape index (κ3) is 6.32. The standard InChI is InChI=1S/C30H33NO5/c1-5-21-11-13-22(14-12-21)26-27-24(34-20-19-33-18-16-25(32)36-30(2,3)4)15-17-31-29(27)35-28(26)23-9-7-6-8-10-23/h6-15,17H,5,16,18-20H2,1-4H3. The maximum atomic E-state index is 11.8. The molecule has 4 aromatic rings. The van der Waals surface area contributed by atoms with Crippen molar-refractivity contribution in [3.05, 3.63) is 72.4 Å². The van der Waals surface area contributed by atoms with E-state index in [0.29, 0.717) is 24.7 Å². The minimum Gasteiger partial charge on any atom is -0.490 e. The van der Waals surface area contributed by atoms with Gasteiger partial charge in [0.2, 0.25) is 5.71 Å². The largest absolute Gasteiger partial charge is 0.490 e. The molecule has 0 N–H and O–H groups in total. The molecule has 0 aliphatic carbocycles. The summed E-state index contributed by atoms with van der Waals surface area (Å²) in [6.45, 7) is 8.64. The number of nitrogens with zero attached hydrogens (tertiary/aromatic N) is 1. The Bertz CT molecular complexity index is 1290. The quantitative estimate of drug-likeness (QED) is 0.180. The van der Waals surface area contributed by atoms with Gasteiger partial charge in [-0.25, -0.2) is 4.98 Å². The fourth-order valence-corrected chi connectivity index (χ4v) is 3.95. The second-order valence-corrected chi connectivity index (χ2v) is 9.51. The van der Waals surface area contributed by atoms with Crippen LogP contribution in [0.1, 0.15) is 39.7 Å². The molecule has 0 aliphatic rings. The SMILES string of the molecule is CCc1ccc(-c2c(-c3ccccc3)oc3nccc(OCCOCCC(=O)OC(C)(C)C)c23)cc1. The van der Waals surface area contributed by atoms with Crippen LogP contribution in [0.2, 0.25) is 0 Å². The van der Waals surface area contributed by atoms with Crippen molar-refractivity contribution in [2.45, 2.75) is 46.1 Å². The van der Waals surface area contributed by atoms with Gasteiger partial charge in [0.25, 0.3) is 0 Å². The highest BCUT2D eigenvalue weighted by Gasteiger charge is 2.22. The number of benzene rings is 2. The lowest BCUT2D eigenvalue weighted by atomic mass is 9.97. The first kappa shape index (κ1) is 25.5. The molecule has 36 heavy (non-hydrogen) atoms. The topological polar surface area (TPSA) is 70.8 Å². The van der Waals surface area contributed by atoms with Gasteiger partial charge in [-0.15, -0.1) is 0 Å². The number of pyridine rings is 1. The predicted octanol–water partition coefficient (Wildman–Crippen LogP) is 6.85. The van der Waals surface area contributed by atoms with Crippen molar-refractivity contribution in [2.75, 3.05) is 19.8 Å². The Kier molecular flexibility index (Phi) is 8.06. The number of carbonyl (C=O) groups is 1. The smallest absolute Gasteiger partial charge is 0.308 e. The van der Waals surface area contributed by atoms with Crippen molar-refractivity contribution in [2.24, 2.45) is 0 Å². The number of rotatable bonds is 10. The Morgan fingerprint density at radius 1 is 0.917 bits per heavy atom. The van der Waals surface area contributed by atoms with Crippen LogP contribution in [-0.4, -0.2) is 36.4 Å². The molecule has 0 bridgehead atoms. The molecule has 0 radical (unpaired) electrons. The molecule has 4 rings (SSSR count). The summed E-state index contributed by atoms with van der Waals surface area (Å²) in [5.74, 6) is 1.16. The summed E-state index contributed by atoms with van der Waals surface area (Å²) in [4.78, 5) is 16.3. The normalized spacial score (nSPS) is 11.6. The van der Waals surface area contributed by atoms with Crippen molar-refractivity contribution < 1.29 is 23.4 Å². The maximum absolute atomic E-state index is 11.8. The summed E-state index contributed by atoms with van der Waals surface area (Å²) in [6, 6.07) is 20.4.